The van der Waals surface area contributed by atoms with Gasteiger partial charge in [0.2, 0.25) is 0 Å². The van der Waals surface area contributed by atoms with E-state index in [4.69, 9.17) is 0 Å². The van der Waals surface area contributed by atoms with Crippen molar-refractivity contribution in [1.82, 2.24) is 14.9 Å². The second-order valence-electron chi connectivity index (χ2n) is 6.44. The van der Waals surface area contributed by atoms with Crippen LogP contribution < -0.4 is 5.32 Å². The summed E-state index contributed by atoms with van der Waals surface area (Å²) in [6.07, 6.45) is 1.43. The van der Waals surface area contributed by atoms with Crippen LogP contribution in [0.3, 0.4) is 0 Å². The van der Waals surface area contributed by atoms with Crippen molar-refractivity contribution in [2.45, 2.75) is 26.9 Å². The van der Waals surface area contributed by atoms with Crippen LogP contribution in [0.1, 0.15) is 34.1 Å². The number of carbonyl (C=O) groups is 1. The lowest BCUT2D eigenvalue weighted by Crippen LogP contribution is -2.31. The van der Waals surface area contributed by atoms with Crippen molar-refractivity contribution in [2.24, 2.45) is 0 Å². The summed E-state index contributed by atoms with van der Waals surface area (Å²) < 4.78 is 0. The van der Waals surface area contributed by atoms with Crippen molar-refractivity contribution in [1.29, 1.82) is 0 Å². The van der Waals surface area contributed by atoms with E-state index in [1.165, 1.54) is 17.5 Å². The number of rotatable bonds is 7. The number of hydrogen-bond acceptors (Lipinski definition) is 4. The van der Waals surface area contributed by atoms with Crippen LogP contribution in [0.2, 0.25) is 0 Å². The van der Waals surface area contributed by atoms with Gasteiger partial charge in [0.25, 0.3) is 5.91 Å². The van der Waals surface area contributed by atoms with Gasteiger partial charge in [0.15, 0.2) is 0 Å². The number of carbonyl (C=O) groups excluding carboxylic acids is 1. The predicted molar refractivity (Wildman–Crippen MR) is 107 cm³/mol. The summed E-state index contributed by atoms with van der Waals surface area (Å²) in [6.45, 7) is 5.86. The van der Waals surface area contributed by atoms with Crippen LogP contribution in [0, 0.1) is 6.92 Å². The van der Waals surface area contributed by atoms with Gasteiger partial charge in [-0.3, -0.25) is 4.79 Å². The highest BCUT2D eigenvalue weighted by Crippen LogP contribution is 2.12. The van der Waals surface area contributed by atoms with Gasteiger partial charge in [-0.25, -0.2) is 9.97 Å². The lowest BCUT2D eigenvalue weighted by molar-refractivity contribution is 0.0746. The molecule has 0 bridgehead atoms. The number of nitrogens with zero attached hydrogens (tertiary/aromatic N) is 3. The van der Waals surface area contributed by atoms with Crippen LogP contribution in [0.15, 0.2) is 67.0 Å². The van der Waals surface area contributed by atoms with Crippen molar-refractivity contribution in [3.05, 3.63) is 89.4 Å². The largest absolute Gasteiger partial charge is 0.366 e. The monoisotopic (exact) mass is 360 g/mol. The summed E-state index contributed by atoms with van der Waals surface area (Å²) in [5.74, 6) is 0.549. The first-order valence-electron chi connectivity index (χ1n) is 9.10. The minimum Gasteiger partial charge on any atom is -0.366 e. The fourth-order valence-corrected chi connectivity index (χ4v) is 2.88. The highest BCUT2D eigenvalue weighted by Gasteiger charge is 2.16. The maximum absolute atomic E-state index is 12.9. The molecule has 2 aromatic carbocycles. The molecular weight excluding hydrogens is 336 g/mol. The van der Waals surface area contributed by atoms with Crippen LogP contribution in [-0.4, -0.2) is 27.3 Å². The number of anilines is 1. The molecule has 5 nitrogen and oxygen atoms in total. The third-order valence-corrected chi connectivity index (χ3v) is 4.33. The normalized spacial score (nSPS) is 10.4. The number of aromatic nitrogens is 2. The second kappa shape index (κ2) is 8.94. The molecule has 138 valence electrons. The van der Waals surface area contributed by atoms with Gasteiger partial charge in [-0.1, -0.05) is 60.2 Å². The third kappa shape index (κ3) is 5.14. The Kier molecular flexibility index (Phi) is 6.15. The number of benzene rings is 2. The Bertz CT molecular complexity index is 896. The van der Waals surface area contributed by atoms with Crippen molar-refractivity contribution in [3.63, 3.8) is 0 Å². The van der Waals surface area contributed by atoms with Crippen molar-refractivity contribution < 1.29 is 4.79 Å². The summed E-state index contributed by atoms with van der Waals surface area (Å²) in [5.41, 5.74) is 3.88. The predicted octanol–water partition coefficient (Wildman–Crippen LogP) is 4.06. The summed E-state index contributed by atoms with van der Waals surface area (Å²) in [4.78, 5) is 23.1. The van der Waals surface area contributed by atoms with Gasteiger partial charge in [-0.2, -0.15) is 0 Å². The molecule has 0 aliphatic carbocycles. The Balaban J connectivity index is 1.68. The standard InChI is InChI=1S/C22H24N4O/c1-3-26(15-18-9-5-4-6-10-18)22(27)20-13-21(25-16-24-20)23-14-19-11-7-8-17(2)12-19/h4-13,16H,3,14-15H2,1-2H3,(H,23,24,25). The number of nitrogens with one attached hydrogen (secondary N) is 1. The molecule has 5 heteroatoms. The molecule has 1 heterocycles. The van der Waals surface area contributed by atoms with Crippen LogP contribution in [-0.2, 0) is 13.1 Å². The molecule has 1 N–H and O–H groups in total. The molecule has 0 atom stereocenters. The summed E-state index contributed by atoms with van der Waals surface area (Å²) in [7, 11) is 0. The van der Waals surface area contributed by atoms with Gasteiger partial charge in [-0.05, 0) is 25.0 Å². The molecule has 0 aliphatic rings. The van der Waals surface area contributed by atoms with E-state index in [1.807, 2.05) is 43.3 Å². The molecule has 3 rings (SSSR count). The van der Waals surface area contributed by atoms with Gasteiger partial charge in [-0.15, -0.1) is 0 Å². The third-order valence-electron chi connectivity index (χ3n) is 4.33. The maximum atomic E-state index is 12.9. The zero-order chi connectivity index (χ0) is 19.1. The van der Waals surface area contributed by atoms with Crippen molar-refractivity contribution in [3.8, 4) is 0 Å². The molecule has 0 unspecified atom stereocenters. The smallest absolute Gasteiger partial charge is 0.272 e. The molecule has 27 heavy (non-hydrogen) atoms. The summed E-state index contributed by atoms with van der Waals surface area (Å²) >= 11 is 0. The molecular formula is C22H24N4O. The Morgan fingerprint density at radius 2 is 1.78 bits per heavy atom. The minimum absolute atomic E-state index is 0.0950. The molecule has 1 amide bonds. The second-order valence-corrected chi connectivity index (χ2v) is 6.44. The molecule has 0 saturated carbocycles. The van der Waals surface area contributed by atoms with Gasteiger partial charge >= 0.3 is 0 Å². The molecule has 0 aliphatic heterocycles. The minimum atomic E-state index is -0.0950. The molecule has 0 saturated heterocycles. The van der Waals surface area contributed by atoms with Gasteiger partial charge < -0.3 is 10.2 Å². The molecule has 0 radical (unpaired) electrons. The molecule has 1 aromatic heterocycles. The molecule has 0 fully saturated rings. The summed E-state index contributed by atoms with van der Waals surface area (Å²) in [6, 6.07) is 20.0. The first kappa shape index (κ1) is 18.6. The quantitative estimate of drug-likeness (QED) is 0.690. The Labute approximate surface area is 160 Å². The Hall–Kier alpha value is -3.21. The van der Waals surface area contributed by atoms with Crippen molar-refractivity contribution in [2.75, 3.05) is 11.9 Å². The summed E-state index contributed by atoms with van der Waals surface area (Å²) in [5, 5.41) is 3.27. The van der Waals surface area contributed by atoms with E-state index >= 15 is 0 Å². The zero-order valence-corrected chi connectivity index (χ0v) is 15.7. The maximum Gasteiger partial charge on any atom is 0.272 e. The Morgan fingerprint density at radius 3 is 2.52 bits per heavy atom. The number of hydrogen-bond donors (Lipinski definition) is 1. The topological polar surface area (TPSA) is 58.1 Å². The van der Waals surface area contributed by atoms with E-state index in [0.29, 0.717) is 31.1 Å². The van der Waals surface area contributed by atoms with E-state index in [-0.39, 0.29) is 5.91 Å². The highest BCUT2D eigenvalue weighted by atomic mass is 16.2. The van der Waals surface area contributed by atoms with Gasteiger partial charge in [0.05, 0.1) is 0 Å². The van der Waals surface area contributed by atoms with Gasteiger partial charge in [0, 0.05) is 25.7 Å². The molecule has 3 aromatic rings. The van der Waals surface area contributed by atoms with Crippen LogP contribution in [0.5, 0.6) is 0 Å². The Morgan fingerprint density at radius 1 is 1.00 bits per heavy atom. The fraction of sp³-hybridized carbons (Fsp3) is 0.227. The van der Waals surface area contributed by atoms with E-state index in [9.17, 15) is 4.79 Å². The van der Waals surface area contributed by atoms with Crippen LogP contribution >= 0.6 is 0 Å². The number of amides is 1. The first-order chi connectivity index (χ1) is 13.2. The van der Waals surface area contributed by atoms with Crippen LogP contribution in [0.25, 0.3) is 0 Å². The van der Waals surface area contributed by atoms with Crippen LogP contribution in [0.4, 0.5) is 5.82 Å². The highest BCUT2D eigenvalue weighted by molar-refractivity contribution is 5.92. The van der Waals surface area contributed by atoms with Crippen molar-refractivity contribution >= 4 is 11.7 Å². The lowest BCUT2D eigenvalue weighted by atomic mass is 10.1. The van der Waals surface area contributed by atoms with E-state index in [0.717, 1.165) is 5.56 Å². The lowest BCUT2D eigenvalue weighted by Gasteiger charge is -2.20. The SMILES string of the molecule is CCN(Cc1ccccc1)C(=O)c1cc(NCc2cccc(C)c2)ncn1. The van der Waals surface area contributed by atoms with E-state index < -0.39 is 0 Å². The van der Waals surface area contributed by atoms with E-state index in [1.54, 1.807) is 11.0 Å². The van der Waals surface area contributed by atoms with E-state index in [2.05, 4.69) is 40.4 Å². The molecule has 0 spiro atoms. The average Bonchev–Trinajstić information content (AvgIpc) is 2.71. The number of aryl methyl sites for hydroxylation is 1. The fourth-order valence-electron chi connectivity index (χ4n) is 2.88. The van der Waals surface area contributed by atoms with Gasteiger partial charge in [0.1, 0.15) is 17.8 Å². The average molecular weight is 360 g/mol. The zero-order valence-electron chi connectivity index (χ0n) is 15.7. The first-order valence-corrected chi connectivity index (χ1v) is 9.10.